The maximum absolute atomic E-state index is 12.3. The summed E-state index contributed by atoms with van der Waals surface area (Å²) in [5.74, 6) is -0.554. The summed E-state index contributed by atoms with van der Waals surface area (Å²) in [6, 6.07) is 8.54. The number of carbonyl (C=O) groups excluding carboxylic acids is 1. The van der Waals surface area contributed by atoms with Crippen LogP contribution >= 0.6 is 23.1 Å². The van der Waals surface area contributed by atoms with E-state index in [1.807, 2.05) is 19.9 Å². The van der Waals surface area contributed by atoms with Gasteiger partial charge >= 0.3 is 5.63 Å². The van der Waals surface area contributed by atoms with Crippen molar-refractivity contribution in [2.24, 2.45) is 0 Å². The van der Waals surface area contributed by atoms with E-state index in [0.29, 0.717) is 21.4 Å². The van der Waals surface area contributed by atoms with Gasteiger partial charge in [-0.05, 0) is 12.1 Å². The Balaban J connectivity index is 1.84. The first kappa shape index (κ1) is 15.7. The lowest BCUT2D eigenvalue weighted by Crippen LogP contribution is -2.20. The predicted molar refractivity (Wildman–Crippen MR) is 91.3 cm³/mol. The van der Waals surface area contributed by atoms with Crippen LogP contribution in [0, 0.1) is 0 Å². The molecule has 1 N–H and O–H groups in total. The molecular weight excluding hydrogens is 334 g/mol. The molecule has 2 aromatic heterocycles. The van der Waals surface area contributed by atoms with Gasteiger partial charge in [0.25, 0.3) is 5.91 Å². The number of carbonyl (C=O) groups is 1. The van der Waals surface area contributed by atoms with Crippen molar-refractivity contribution in [2.75, 3.05) is 5.32 Å². The van der Waals surface area contributed by atoms with Crippen LogP contribution in [-0.4, -0.2) is 21.4 Å². The quantitative estimate of drug-likeness (QED) is 0.442. The first-order valence-corrected chi connectivity index (χ1v) is 8.57. The van der Waals surface area contributed by atoms with Crippen molar-refractivity contribution < 1.29 is 9.21 Å². The van der Waals surface area contributed by atoms with Crippen molar-refractivity contribution in [1.82, 2.24) is 10.2 Å². The number of nitrogens with one attached hydrogen (secondary N) is 1. The van der Waals surface area contributed by atoms with E-state index in [4.69, 9.17) is 4.42 Å². The van der Waals surface area contributed by atoms with Gasteiger partial charge in [-0.25, -0.2) is 4.79 Å². The normalized spacial score (nSPS) is 11.1. The second-order valence-corrected chi connectivity index (χ2v) is 7.78. The fourth-order valence-electron chi connectivity index (χ4n) is 1.89. The molecule has 23 heavy (non-hydrogen) atoms. The summed E-state index contributed by atoms with van der Waals surface area (Å²) in [6.45, 7) is 4.09. The molecule has 0 aliphatic heterocycles. The Kier molecular flexibility index (Phi) is 4.44. The molecule has 0 spiro atoms. The molecule has 0 radical (unpaired) electrons. The van der Waals surface area contributed by atoms with Gasteiger partial charge in [0.2, 0.25) is 5.13 Å². The van der Waals surface area contributed by atoms with E-state index in [9.17, 15) is 9.59 Å². The Hall–Kier alpha value is -2.19. The van der Waals surface area contributed by atoms with E-state index in [0.717, 1.165) is 4.34 Å². The summed E-state index contributed by atoms with van der Waals surface area (Å²) >= 11 is 2.83. The zero-order valence-corrected chi connectivity index (χ0v) is 14.0. The lowest BCUT2D eigenvalue weighted by molar-refractivity contribution is 0.102. The zero-order chi connectivity index (χ0) is 16.4. The number of anilines is 1. The average molecular weight is 347 g/mol. The molecule has 0 unspecified atom stereocenters. The standard InChI is InChI=1S/C15H13N3O3S2/c1-8(2)22-15-18-17-14(23-15)16-12(19)10-7-9-5-3-4-6-11(9)21-13(10)20/h3-8H,1-2H3,(H,16,17,19). The Bertz CT molecular complexity index is 917. The Morgan fingerprint density at radius 3 is 2.87 bits per heavy atom. The summed E-state index contributed by atoms with van der Waals surface area (Å²) < 4.78 is 5.92. The van der Waals surface area contributed by atoms with E-state index in [1.54, 1.807) is 30.0 Å². The third kappa shape index (κ3) is 3.59. The van der Waals surface area contributed by atoms with Crippen LogP contribution < -0.4 is 10.9 Å². The van der Waals surface area contributed by atoms with E-state index in [1.165, 1.54) is 17.4 Å². The van der Waals surface area contributed by atoms with E-state index in [-0.39, 0.29) is 5.56 Å². The molecule has 3 rings (SSSR count). The smallest absolute Gasteiger partial charge is 0.349 e. The van der Waals surface area contributed by atoms with Crippen LogP contribution in [0.3, 0.4) is 0 Å². The molecule has 1 amide bonds. The first-order chi connectivity index (χ1) is 11.0. The van der Waals surface area contributed by atoms with Crippen LogP contribution in [0.1, 0.15) is 24.2 Å². The fourth-order valence-corrected chi connectivity index (χ4v) is 3.86. The highest BCUT2D eigenvalue weighted by Crippen LogP contribution is 2.28. The molecule has 8 heteroatoms. The molecule has 0 fully saturated rings. The number of benzene rings is 1. The minimum atomic E-state index is -0.678. The lowest BCUT2D eigenvalue weighted by Gasteiger charge is -2.01. The zero-order valence-electron chi connectivity index (χ0n) is 12.4. The summed E-state index contributed by atoms with van der Waals surface area (Å²) in [5.41, 5.74) is -0.292. The fraction of sp³-hybridized carbons (Fsp3) is 0.200. The molecule has 6 nitrogen and oxygen atoms in total. The largest absolute Gasteiger partial charge is 0.422 e. The number of thioether (sulfide) groups is 1. The molecule has 0 bridgehead atoms. The third-order valence-electron chi connectivity index (χ3n) is 2.85. The number of hydrogen-bond donors (Lipinski definition) is 1. The van der Waals surface area contributed by atoms with Crippen LogP contribution in [0.25, 0.3) is 11.0 Å². The van der Waals surface area contributed by atoms with Gasteiger partial charge in [-0.3, -0.25) is 10.1 Å². The van der Waals surface area contributed by atoms with Crippen molar-refractivity contribution in [3.8, 4) is 0 Å². The molecule has 1 aromatic carbocycles. The van der Waals surface area contributed by atoms with Crippen molar-refractivity contribution in [3.05, 3.63) is 46.3 Å². The van der Waals surface area contributed by atoms with E-state index >= 15 is 0 Å². The topological polar surface area (TPSA) is 85.1 Å². The number of nitrogens with zero attached hydrogens (tertiary/aromatic N) is 2. The van der Waals surface area contributed by atoms with Gasteiger partial charge in [-0.2, -0.15) is 0 Å². The van der Waals surface area contributed by atoms with Crippen molar-refractivity contribution in [2.45, 2.75) is 23.4 Å². The Morgan fingerprint density at radius 1 is 1.30 bits per heavy atom. The van der Waals surface area contributed by atoms with Crippen LogP contribution in [-0.2, 0) is 0 Å². The Morgan fingerprint density at radius 2 is 2.09 bits per heavy atom. The summed E-state index contributed by atoms with van der Waals surface area (Å²) in [4.78, 5) is 24.2. The van der Waals surface area contributed by atoms with E-state index in [2.05, 4.69) is 15.5 Å². The Labute approximate surface area is 139 Å². The van der Waals surface area contributed by atoms with Gasteiger partial charge in [-0.15, -0.1) is 10.2 Å². The molecular formula is C15H13N3O3S2. The maximum Gasteiger partial charge on any atom is 0.349 e. The molecule has 2 heterocycles. The number of aromatic nitrogens is 2. The summed E-state index contributed by atoms with van der Waals surface area (Å²) in [6.07, 6.45) is 0. The van der Waals surface area contributed by atoms with Crippen molar-refractivity contribution >= 4 is 45.1 Å². The molecule has 0 aliphatic carbocycles. The van der Waals surface area contributed by atoms with Crippen LogP contribution in [0.15, 0.2) is 43.9 Å². The highest BCUT2D eigenvalue weighted by Gasteiger charge is 2.16. The number of fused-ring (bicyclic) bond motifs is 1. The first-order valence-electron chi connectivity index (χ1n) is 6.87. The SMILES string of the molecule is CC(C)Sc1nnc(NC(=O)c2cc3ccccc3oc2=O)s1. The van der Waals surface area contributed by atoms with Gasteiger partial charge < -0.3 is 4.42 Å². The summed E-state index contributed by atoms with van der Waals surface area (Å²) in [7, 11) is 0. The van der Waals surface area contributed by atoms with Gasteiger partial charge in [0.15, 0.2) is 4.34 Å². The highest BCUT2D eigenvalue weighted by atomic mass is 32.2. The maximum atomic E-state index is 12.3. The molecule has 0 saturated heterocycles. The van der Waals surface area contributed by atoms with Gasteiger partial charge in [-0.1, -0.05) is 55.1 Å². The van der Waals surface area contributed by atoms with E-state index < -0.39 is 11.5 Å². The van der Waals surface area contributed by atoms with Crippen LogP contribution in [0.4, 0.5) is 5.13 Å². The van der Waals surface area contributed by atoms with Gasteiger partial charge in [0.1, 0.15) is 11.1 Å². The second kappa shape index (κ2) is 6.51. The molecule has 0 atom stereocenters. The number of amides is 1. The van der Waals surface area contributed by atoms with Gasteiger partial charge in [0, 0.05) is 10.6 Å². The monoisotopic (exact) mass is 347 g/mol. The molecule has 0 saturated carbocycles. The van der Waals surface area contributed by atoms with Crippen LogP contribution in [0.5, 0.6) is 0 Å². The van der Waals surface area contributed by atoms with Crippen molar-refractivity contribution in [1.29, 1.82) is 0 Å². The second-order valence-electron chi connectivity index (χ2n) is 4.98. The van der Waals surface area contributed by atoms with Gasteiger partial charge in [0.05, 0.1) is 0 Å². The average Bonchev–Trinajstić information content (AvgIpc) is 2.92. The molecule has 118 valence electrons. The molecule has 0 aliphatic rings. The number of hydrogen-bond acceptors (Lipinski definition) is 7. The highest BCUT2D eigenvalue weighted by molar-refractivity contribution is 8.01. The lowest BCUT2D eigenvalue weighted by atomic mass is 10.2. The minimum Gasteiger partial charge on any atom is -0.422 e. The molecule has 3 aromatic rings. The number of rotatable bonds is 4. The van der Waals surface area contributed by atoms with Crippen molar-refractivity contribution in [3.63, 3.8) is 0 Å². The number of para-hydroxylation sites is 1. The minimum absolute atomic E-state index is 0.0584. The third-order valence-corrected chi connectivity index (χ3v) is 4.78. The van der Waals surface area contributed by atoms with Crippen LogP contribution in [0.2, 0.25) is 0 Å². The predicted octanol–water partition coefficient (Wildman–Crippen LogP) is 3.40. The summed E-state index contributed by atoms with van der Waals surface area (Å²) in [5, 5.41) is 11.9.